The highest BCUT2D eigenvalue weighted by atomic mass is 32.1. The zero-order chi connectivity index (χ0) is 25.9. The molecule has 8 nitrogen and oxygen atoms in total. The van der Waals surface area contributed by atoms with Crippen molar-refractivity contribution >= 4 is 40.3 Å². The van der Waals surface area contributed by atoms with Crippen LogP contribution in [0, 0.1) is 6.92 Å². The van der Waals surface area contributed by atoms with E-state index in [0.29, 0.717) is 23.0 Å². The summed E-state index contributed by atoms with van der Waals surface area (Å²) in [5.74, 6) is 0.822. The molecule has 37 heavy (non-hydrogen) atoms. The number of aromatic amines is 1. The van der Waals surface area contributed by atoms with Gasteiger partial charge in [0.05, 0.1) is 23.2 Å². The molecule has 0 unspecified atom stereocenters. The van der Waals surface area contributed by atoms with Crippen molar-refractivity contribution < 1.29 is 14.3 Å². The average molecular weight is 518 g/mol. The van der Waals surface area contributed by atoms with Gasteiger partial charge in [0.1, 0.15) is 6.61 Å². The number of carbonyl (C=O) groups is 1. The second-order valence-electron chi connectivity index (χ2n) is 9.21. The number of rotatable bonds is 9. The summed E-state index contributed by atoms with van der Waals surface area (Å²) in [6.07, 6.45) is 5.00. The van der Waals surface area contributed by atoms with Gasteiger partial charge in [-0.3, -0.25) is 14.8 Å². The first-order valence-corrected chi connectivity index (χ1v) is 13.2. The number of primary amides is 1. The second-order valence-corrected chi connectivity index (χ2v) is 10.1. The number of carbonyl (C=O) groups excluding carboxylic acids is 1. The molecule has 0 radical (unpaired) electrons. The Labute approximate surface area is 219 Å². The Hall–Kier alpha value is -3.66. The monoisotopic (exact) mass is 517 g/mol. The van der Waals surface area contributed by atoms with E-state index < -0.39 is 5.91 Å². The van der Waals surface area contributed by atoms with Crippen LogP contribution in [-0.2, 0) is 0 Å². The van der Waals surface area contributed by atoms with E-state index in [9.17, 15) is 4.79 Å². The highest BCUT2D eigenvalue weighted by Gasteiger charge is 2.23. The summed E-state index contributed by atoms with van der Waals surface area (Å²) in [5.41, 5.74) is 17.0. The molecule has 2 aromatic carbocycles. The van der Waals surface area contributed by atoms with Crippen LogP contribution in [0.3, 0.4) is 0 Å². The molecule has 1 atom stereocenters. The molecule has 0 aliphatic carbocycles. The number of nitrogens with zero attached hydrogens (tertiary/aromatic N) is 2. The molecule has 1 aliphatic heterocycles. The van der Waals surface area contributed by atoms with Crippen LogP contribution in [0.5, 0.6) is 11.5 Å². The SMILES string of the molecule is COc1c(OCCN2CC[C@@H](N)C2)ccc(/C=C/c2n[nH]c3ccccc23)c1-c1csc(C(N)=O)c1C. The summed E-state index contributed by atoms with van der Waals surface area (Å²) in [5, 5.41) is 10.5. The molecule has 5 N–H and O–H groups in total. The number of amides is 1. The first-order valence-electron chi connectivity index (χ1n) is 12.3. The molecule has 0 saturated carbocycles. The number of thiophene rings is 1. The fourth-order valence-corrected chi connectivity index (χ4v) is 5.78. The largest absolute Gasteiger partial charge is 0.492 e. The molecular weight excluding hydrogens is 486 g/mol. The number of nitrogens with two attached hydrogens (primary N) is 2. The molecule has 1 saturated heterocycles. The predicted molar refractivity (Wildman–Crippen MR) is 149 cm³/mol. The van der Waals surface area contributed by atoms with Crippen molar-refractivity contribution in [2.75, 3.05) is 33.4 Å². The Morgan fingerprint density at radius 2 is 2.11 bits per heavy atom. The molecular formula is C28H31N5O3S. The van der Waals surface area contributed by atoms with Crippen LogP contribution in [0.2, 0.25) is 0 Å². The highest BCUT2D eigenvalue weighted by Crippen LogP contribution is 2.44. The van der Waals surface area contributed by atoms with Gasteiger partial charge < -0.3 is 20.9 Å². The van der Waals surface area contributed by atoms with Crippen LogP contribution < -0.4 is 20.9 Å². The number of ether oxygens (including phenoxy) is 2. The van der Waals surface area contributed by atoms with Gasteiger partial charge in [0.25, 0.3) is 5.91 Å². The van der Waals surface area contributed by atoms with E-state index in [1.165, 1.54) is 11.3 Å². The minimum atomic E-state index is -0.441. The molecule has 4 aromatic rings. The van der Waals surface area contributed by atoms with Gasteiger partial charge in [0.15, 0.2) is 11.5 Å². The van der Waals surface area contributed by atoms with Gasteiger partial charge >= 0.3 is 0 Å². The van der Waals surface area contributed by atoms with E-state index in [-0.39, 0.29) is 6.04 Å². The Balaban J connectivity index is 1.52. The standard InChI is InChI=1S/C28H31N5O3S/c1-17-21(16-37-27(17)28(30)34)25-18(7-9-23-20-5-3-4-6-22(20)31-32-23)8-10-24(26(25)35-2)36-14-13-33-12-11-19(29)15-33/h3-10,16,19H,11-15,29H2,1-2H3,(H2,30,34)(H,31,32)/b9-7+/t19-/m1/s1. The van der Waals surface area contributed by atoms with Crippen molar-refractivity contribution in [2.45, 2.75) is 19.4 Å². The van der Waals surface area contributed by atoms with Crippen molar-refractivity contribution in [3.05, 3.63) is 63.5 Å². The maximum atomic E-state index is 12.0. The van der Waals surface area contributed by atoms with Gasteiger partial charge in [-0.2, -0.15) is 5.10 Å². The van der Waals surface area contributed by atoms with Gasteiger partial charge in [0.2, 0.25) is 0 Å². The summed E-state index contributed by atoms with van der Waals surface area (Å²) < 4.78 is 12.1. The van der Waals surface area contributed by atoms with Crippen LogP contribution >= 0.6 is 11.3 Å². The maximum Gasteiger partial charge on any atom is 0.259 e. The summed E-state index contributed by atoms with van der Waals surface area (Å²) >= 11 is 1.33. The lowest BCUT2D eigenvalue weighted by atomic mass is 9.96. The second kappa shape index (κ2) is 10.8. The van der Waals surface area contributed by atoms with Crippen molar-refractivity contribution in [1.29, 1.82) is 0 Å². The molecule has 1 fully saturated rings. The Bertz CT molecular complexity index is 1460. The van der Waals surface area contributed by atoms with Crippen molar-refractivity contribution in [1.82, 2.24) is 15.1 Å². The number of hydrogen-bond acceptors (Lipinski definition) is 7. The lowest BCUT2D eigenvalue weighted by Crippen LogP contribution is -2.29. The molecule has 2 aromatic heterocycles. The van der Waals surface area contributed by atoms with E-state index in [1.54, 1.807) is 7.11 Å². The number of nitrogens with one attached hydrogen (secondary N) is 1. The fourth-order valence-electron chi connectivity index (χ4n) is 4.85. The summed E-state index contributed by atoms with van der Waals surface area (Å²) in [6, 6.07) is 12.2. The third kappa shape index (κ3) is 5.11. The number of para-hydroxylation sites is 1. The van der Waals surface area contributed by atoms with Crippen molar-refractivity contribution in [3.63, 3.8) is 0 Å². The molecule has 1 aliphatic rings. The number of benzene rings is 2. The van der Waals surface area contributed by atoms with Gasteiger partial charge in [-0.25, -0.2) is 0 Å². The number of fused-ring (bicyclic) bond motifs is 1. The fraction of sp³-hybridized carbons (Fsp3) is 0.286. The summed E-state index contributed by atoms with van der Waals surface area (Å²) in [7, 11) is 1.64. The lowest BCUT2D eigenvalue weighted by Gasteiger charge is -2.19. The van der Waals surface area contributed by atoms with E-state index in [2.05, 4.69) is 15.1 Å². The maximum absolute atomic E-state index is 12.0. The summed E-state index contributed by atoms with van der Waals surface area (Å²) in [4.78, 5) is 14.8. The van der Waals surface area contributed by atoms with Crippen LogP contribution in [0.25, 0.3) is 34.2 Å². The number of methoxy groups -OCH3 is 1. The zero-order valence-electron chi connectivity index (χ0n) is 21.0. The van der Waals surface area contributed by atoms with E-state index >= 15 is 0 Å². The van der Waals surface area contributed by atoms with Crippen LogP contribution in [0.1, 0.15) is 32.9 Å². The summed E-state index contributed by atoms with van der Waals surface area (Å²) in [6.45, 7) is 5.10. The first-order chi connectivity index (χ1) is 18.0. The molecule has 9 heteroatoms. The highest BCUT2D eigenvalue weighted by molar-refractivity contribution is 7.12. The molecule has 0 bridgehead atoms. The Morgan fingerprint density at radius 3 is 2.84 bits per heavy atom. The van der Waals surface area contributed by atoms with Gasteiger partial charge in [0, 0.05) is 35.6 Å². The molecule has 3 heterocycles. The van der Waals surface area contributed by atoms with Crippen molar-refractivity contribution in [3.8, 4) is 22.6 Å². The lowest BCUT2D eigenvalue weighted by molar-refractivity contribution is 0.100. The number of aromatic nitrogens is 2. The zero-order valence-corrected chi connectivity index (χ0v) is 21.8. The van der Waals surface area contributed by atoms with Gasteiger partial charge in [-0.15, -0.1) is 11.3 Å². The third-order valence-electron chi connectivity index (χ3n) is 6.78. The predicted octanol–water partition coefficient (Wildman–Crippen LogP) is 4.29. The quantitative estimate of drug-likeness (QED) is 0.305. The van der Waals surface area contributed by atoms with Crippen LogP contribution in [0.15, 0.2) is 41.8 Å². The Kier molecular flexibility index (Phi) is 7.27. The van der Waals surface area contributed by atoms with E-state index in [1.807, 2.05) is 60.9 Å². The topological polar surface area (TPSA) is 119 Å². The van der Waals surface area contributed by atoms with Gasteiger partial charge in [-0.05, 0) is 54.6 Å². The Morgan fingerprint density at radius 1 is 1.27 bits per heavy atom. The first kappa shape index (κ1) is 25.0. The van der Waals surface area contributed by atoms with Crippen molar-refractivity contribution in [2.24, 2.45) is 11.5 Å². The third-order valence-corrected chi connectivity index (χ3v) is 7.88. The van der Waals surface area contributed by atoms with Gasteiger partial charge in [-0.1, -0.05) is 30.3 Å². The number of likely N-dealkylation sites (tertiary alicyclic amines) is 1. The molecule has 0 spiro atoms. The molecule has 1 amide bonds. The minimum Gasteiger partial charge on any atom is -0.492 e. The molecule has 192 valence electrons. The van der Waals surface area contributed by atoms with Crippen LogP contribution in [0.4, 0.5) is 0 Å². The van der Waals surface area contributed by atoms with Crippen LogP contribution in [-0.4, -0.2) is 60.4 Å². The van der Waals surface area contributed by atoms with E-state index in [0.717, 1.165) is 64.9 Å². The minimum absolute atomic E-state index is 0.236. The average Bonchev–Trinajstić information content (AvgIpc) is 3.61. The van der Waals surface area contributed by atoms with E-state index in [4.69, 9.17) is 20.9 Å². The molecule has 5 rings (SSSR count). The number of hydrogen-bond donors (Lipinski definition) is 3. The normalized spacial score (nSPS) is 16.1. The number of H-pyrrole nitrogens is 1. The smallest absolute Gasteiger partial charge is 0.259 e.